The van der Waals surface area contributed by atoms with Crippen molar-refractivity contribution in [2.45, 2.75) is 0 Å². The van der Waals surface area contributed by atoms with Gasteiger partial charge < -0.3 is 13.7 Å². The van der Waals surface area contributed by atoms with E-state index in [1.807, 2.05) is 12.1 Å². The summed E-state index contributed by atoms with van der Waals surface area (Å²) >= 11 is 0. The summed E-state index contributed by atoms with van der Waals surface area (Å²) in [5.41, 5.74) is 0. The van der Waals surface area contributed by atoms with Crippen LogP contribution in [0.1, 0.15) is 0 Å². The lowest BCUT2D eigenvalue weighted by Gasteiger charge is -2.36. The monoisotopic (exact) mass is 550 g/mol. The number of halogens is 2. The van der Waals surface area contributed by atoms with Gasteiger partial charge in [-0.05, 0) is 33.3 Å². The van der Waals surface area contributed by atoms with Crippen molar-refractivity contribution in [1.82, 2.24) is 0 Å². The maximum atomic E-state index is 14.9. The molecule has 6 aromatic carbocycles. The average Bonchev–Trinajstić information content (AvgIpc) is 2.98. The molecule has 0 heterocycles. The fraction of sp³-hybridized carbons (Fsp3) is 0. The van der Waals surface area contributed by atoms with Gasteiger partial charge in [0.05, 0.1) is 0 Å². The molecule has 0 atom stereocenters. The Bertz CT molecular complexity index is 1670. The zero-order valence-corrected chi connectivity index (χ0v) is 22.8. The molecule has 0 radical (unpaired) electrons. The van der Waals surface area contributed by atoms with Crippen molar-refractivity contribution in [2.75, 3.05) is 0 Å². The van der Waals surface area contributed by atoms with Crippen LogP contribution in [0.25, 0.3) is 21.5 Å². The first-order chi connectivity index (χ1) is 18.9. The van der Waals surface area contributed by atoms with Crippen LogP contribution >= 0.6 is 0 Å². The predicted octanol–water partition coefficient (Wildman–Crippen LogP) is 4.09. The quantitative estimate of drug-likeness (QED) is 0.307. The van der Waals surface area contributed by atoms with Gasteiger partial charge in [-0.25, -0.2) is 8.78 Å². The van der Waals surface area contributed by atoms with E-state index in [0.717, 1.165) is 0 Å². The predicted molar refractivity (Wildman–Crippen MR) is 156 cm³/mol. The second-order valence-electron chi connectivity index (χ2n) is 9.40. The highest BCUT2D eigenvalue weighted by Gasteiger charge is 2.52. The van der Waals surface area contributed by atoms with Crippen molar-refractivity contribution >= 4 is 59.4 Å². The number of hydrogen-bond donors (Lipinski definition) is 2. The zero-order valence-electron chi connectivity index (χ0n) is 20.8. The topological polar surface area (TPSA) is 49.7 Å². The molecule has 0 aliphatic heterocycles. The first-order valence-corrected chi connectivity index (χ1v) is 16.2. The minimum Gasteiger partial charge on any atom is -0.404 e. The van der Waals surface area contributed by atoms with Gasteiger partial charge in [0.25, 0.3) is 0 Å². The summed E-state index contributed by atoms with van der Waals surface area (Å²) in [5, 5.41) is 3.40. The molecule has 0 spiro atoms. The largest absolute Gasteiger partial charge is 0.404 e. The van der Waals surface area contributed by atoms with Gasteiger partial charge in [0.2, 0.25) is 0 Å². The SMILES string of the molecule is O[Si](O[Si](O)(c1ccc(F)c2ccccc12)c1ccc(F)c2ccccc12)(c1ccccc1)c1ccccc1. The zero-order chi connectivity index (χ0) is 27.0. The molecule has 0 unspecified atom stereocenters. The first-order valence-electron chi connectivity index (χ1n) is 12.5. The van der Waals surface area contributed by atoms with E-state index >= 15 is 0 Å². The van der Waals surface area contributed by atoms with E-state index in [0.29, 0.717) is 42.3 Å². The molecule has 0 aliphatic carbocycles. The minimum atomic E-state index is -4.40. The van der Waals surface area contributed by atoms with Gasteiger partial charge in [0.15, 0.2) is 0 Å². The van der Waals surface area contributed by atoms with E-state index in [1.165, 1.54) is 24.3 Å². The lowest BCUT2D eigenvalue weighted by atomic mass is 10.1. The van der Waals surface area contributed by atoms with Crippen LogP contribution in [0.3, 0.4) is 0 Å². The van der Waals surface area contributed by atoms with Gasteiger partial charge in [0.1, 0.15) is 11.6 Å². The molecule has 0 aliphatic rings. The van der Waals surface area contributed by atoms with Crippen molar-refractivity contribution in [3.8, 4) is 0 Å². The highest BCUT2D eigenvalue weighted by atomic mass is 28.5. The number of hydrogen-bond acceptors (Lipinski definition) is 3. The third-order valence-corrected chi connectivity index (χ3v) is 14.0. The number of fused-ring (bicyclic) bond motifs is 2. The number of rotatable bonds is 6. The molecule has 0 saturated carbocycles. The van der Waals surface area contributed by atoms with Crippen LogP contribution in [0, 0.1) is 11.6 Å². The van der Waals surface area contributed by atoms with Gasteiger partial charge in [-0.2, -0.15) is 0 Å². The molecular formula is C32H24F2O3Si2. The molecule has 0 fully saturated rings. The Balaban J connectivity index is 1.70. The van der Waals surface area contributed by atoms with Gasteiger partial charge in [-0.3, -0.25) is 0 Å². The molecule has 0 bridgehead atoms. The van der Waals surface area contributed by atoms with Crippen LogP contribution in [0.15, 0.2) is 133 Å². The van der Waals surface area contributed by atoms with E-state index < -0.39 is 28.8 Å². The standard InChI is InChI=1S/C32H24F2O3Si2/c33-29-19-21-31(27-17-9-7-15-25(27)29)39(36,32-22-20-30(34)26-16-8-10-18-28(26)32)37-38(35,23-11-3-1-4-12-23)24-13-5-2-6-14-24/h1-22,35-36H. The summed E-state index contributed by atoms with van der Waals surface area (Å²) in [7, 11) is -8.48. The van der Waals surface area contributed by atoms with Crippen LogP contribution < -0.4 is 20.7 Å². The summed E-state index contributed by atoms with van der Waals surface area (Å²) in [6.45, 7) is 0. The molecule has 2 N–H and O–H groups in total. The molecule has 7 heteroatoms. The molecule has 0 saturated heterocycles. The molecule has 3 nitrogen and oxygen atoms in total. The fourth-order valence-corrected chi connectivity index (χ4v) is 12.4. The molecular weight excluding hydrogens is 527 g/mol. The Hall–Kier alpha value is -3.99. The Morgan fingerprint density at radius 1 is 0.410 bits per heavy atom. The van der Waals surface area contributed by atoms with E-state index in [-0.39, 0.29) is 0 Å². The van der Waals surface area contributed by atoms with Gasteiger partial charge in [0, 0.05) is 21.1 Å². The summed E-state index contributed by atoms with van der Waals surface area (Å²) in [6, 6.07) is 37.4. The lowest BCUT2D eigenvalue weighted by Crippen LogP contribution is -2.73. The van der Waals surface area contributed by atoms with Crippen LogP contribution in [-0.4, -0.2) is 26.7 Å². The second kappa shape index (κ2) is 9.96. The molecule has 6 aromatic rings. The molecule has 39 heavy (non-hydrogen) atoms. The Morgan fingerprint density at radius 3 is 1.18 bits per heavy atom. The van der Waals surface area contributed by atoms with Crippen molar-refractivity contribution in [3.63, 3.8) is 0 Å². The molecule has 0 amide bonds. The van der Waals surface area contributed by atoms with Crippen molar-refractivity contribution in [2.24, 2.45) is 0 Å². The van der Waals surface area contributed by atoms with Crippen molar-refractivity contribution in [1.29, 1.82) is 0 Å². The summed E-state index contributed by atoms with van der Waals surface area (Å²) in [5.74, 6) is -0.874. The second-order valence-corrected chi connectivity index (χ2v) is 15.0. The lowest BCUT2D eigenvalue weighted by molar-refractivity contribution is 0.347. The van der Waals surface area contributed by atoms with E-state index in [2.05, 4.69) is 0 Å². The first kappa shape index (κ1) is 25.3. The highest BCUT2D eigenvalue weighted by molar-refractivity contribution is 7.04. The van der Waals surface area contributed by atoms with Crippen molar-refractivity contribution in [3.05, 3.63) is 145 Å². The van der Waals surface area contributed by atoms with Crippen LogP contribution in [0.2, 0.25) is 0 Å². The van der Waals surface area contributed by atoms with E-state index in [1.54, 1.807) is 97.1 Å². The van der Waals surface area contributed by atoms with Gasteiger partial charge in [-0.1, -0.05) is 121 Å². The van der Waals surface area contributed by atoms with E-state index in [4.69, 9.17) is 4.12 Å². The van der Waals surface area contributed by atoms with Crippen LogP contribution in [-0.2, 0) is 4.12 Å². The smallest absolute Gasteiger partial charge is 0.397 e. The fourth-order valence-electron chi connectivity index (χ4n) is 5.20. The van der Waals surface area contributed by atoms with Gasteiger partial charge in [-0.15, -0.1) is 0 Å². The maximum absolute atomic E-state index is 14.9. The molecule has 192 valence electrons. The highest BCUT2D eigenvalue weighted by Crippen LogP contribution is 2.24. The normalized spacial score (nSPS) is 12.2. The average molecular weight is 551 g/mol. The van der Waals surface area contributed by atoms with Gasteiger partial charge >= 0.3 is 17.1 Å². The summed E-state index contributed by atoms with van der Waals surface area (Å²) in [4.78, 5) is 25.4. The van der Waals surface area contributed by atoms with Crippen molar-refractivity contribution < 1.29 is 22.5 Å². The Labute approximate surface area is 226 Å². The van der Waals surface area contributed by atoms with E-state index in [9.17, 15) is 18.4 Å². The summed E-state index contributed by atoms with van der Waals surface area (Å²) < 4.78 is 36.7. The minimum absolute atomic E-state index is 0.320. The summed E-state index contributed by atoms with van der Waals surface area (Å²) in [6.07, 6.45) is 0. The Morgan fingerprint density at radius 2 is 0.769 bits per heavy atom. The maximum Gasteiger partial charge on any atom is 0.397 e. The molecule has 0 aromatic heterocycles. The third kappa shape index (κ3) is 4.30. The van der Waals surface area contributed by atoms with Crippen LogP contribution in [0.5, 0.6) is 0 Å². The Kier molecular flexibility index (Phi) is 6.46. The third-order valence-electron chi connectivity index (χ3n) is 7.10. The molecule has 6 rings (SSSR count). The number of benzene rings is 6. The van der Waals surface area contributed by atoms with Crippen LogP contribution in [0.4, 0.5) is 8.78 Å².